The highest BCUT2D eigenvalue weighted by atomic mass is 16.6. The molecule has 0 radical (unpaired) electrons. The van der Waals surface area contributed by atoms with Crippen molar-refractivity contribution in [1.29, 1.82) is 0 Å². The van der Waals surface area contributed by atoms with Crippen LogP contribution in [-0.2, 0) is 14.3 Å². The van der Waals surface area contributed by atoms with E-state index in [4.69, 9.17) is 25.4 Å². The van der Waals surface area contributed by atoms with Gasteiger partial charge in [0.15, 0.2) is 6.10 Å². The first-order valence-electron chi connectivity index (χ1n) is 5.99. The quantitative estimate of drug-likeness (QED) is 0.564. The van der Waals surface area contributed by atoms with Gasteiger partial charge < -0.3 is 25.4 Å². The van der Waals surface area contributed by atoms with Crippen LogP contribution in [0.1, 0.15) is 6.42 Å². The molecule has 20 heavy (non-hydrogen) atoms. The lowest BCUT2D eigenvalue weighted by Crippen LogP contribution is -2.39. The van der Waals surface area contributed by atoms with Crippen LogP contribution in [0.2, 0.25) is 0 Å². The van der Waals surface area contributed by atoms with Crippen LogP contribution in [0.25, 0.3) is 0 Å². The molecule has 0 aromatic heterocycles. The Morgan fingerprint density at radius 2 is 1.90 bits per heavy atom. The average molecular weight is 283 g/mol. The number of esters is 1. The maximum Gasteiger partial charge on any atom is 0.324 e. The average Bonchev–Trinajstić information content (AvgIpc) is 2.43. The number of carboxylic acid groups (broad SMARTS) is 1. The Morgan fingerprint density at radius 1 is 1.25 bits per heavy atom. The molecule has 1 unspecified atom stereocenters. The Balaban J connectivity index is 2.42. The highest BCUT2D eigenvalue weighted by Gasteiger charge is 2.22. The summed E-state index contributed by atoms with van der Waals surface area (Å²) in [4.78, 5) is 21.9. The van der Waals surface area contributed by atoms with Crippen molar-refractivity contribution in [2.75, 3.05) is 13.2 Å². The van der Waals surface area contributed by atoms with Gasteiger partial charge in [-0.3, -0.25) is 9.59 Å². The van der Waals surface area contributed by atoms with E-state index in [1.54, 1.807) is 24.3 Å². The summed E-state index contributed by atoms with van der Waals surface area (Å²) in [5, 5.41) is 17.6. The first-order valence-corrected chi connectivity index (χ1v) is 5.99. The number of aliphatic hydroxyl groups is 1. The summed E-state index contributed by atoms with van der Waals surface area (Å²) in [5.41, 5.74) is 5.35. The number of carbonyl (C=O) groups is 2. The molecule has 110 valence electrons. The fraction of sp³-hybridized carbons (Fsp3) is 0.385. The van der Waals surface area contributed by atoms with Crippen LogP contribution in [0.5, 0.6) is 5.75 Å². The van der Waals surface area contributed by atoms with E-state index >= 15 is 0 Å². The summed E-state index contributed by atoms with van der Waals surface area (Å²) >= 11 is 0. The molecule has 1 aromatic carbocycles. The van der Waals surface area contributed by atoms with Gasteiger partial charge in [-0.05, 0) is 12.1 Å². The molecule has 1 rings (SSSR count). The summed E-state index contributed by atoms with van der Waals surface area (Å²) < 4.78 is 10.2. The minimum absolute atomic E-state index is 0.0496. The molecule has 1 aromatic rings. The lowest BCUT2D eigenvalue weighted by molar-refractivity contribution is -0.157. The van der Waals surface area contributed by atoms with Crippen molar-refractivity contribution < 1.29 is 29.3 Å². The van der Waals surface area contributed by atoms with E-state index < -0.39 is 37.1 Å². The van der Waals surface area contributed by atoms with Crippen LogP contribution >= 0.6 is 0 Å². The van der Waals surface area contributed by atoms with E-state index in [-0.39, 0.29) is 6.61 Å². The van der Waals surface area contributed by atoms with Crippen molar-refractivity contribution in [3.63, 3.8) is 0 Å². The monoisotopic (exact) mass is 283 g/mol. The van der Waals surface area contributed by atoms with Crippen LogP contribution in [0, 0.1) is 0 Å². The number of ether oxygens (including phenoxy) is 2. The van der Waals surface area contributed by atoms with Gasteiger partial charge in [0.2, 0.25) is 0 Å². The molecule has 7 heteroatoms. The fourth-order valence-corrected chi connectivity index (χ4v) is 1.35. The molecule has 0 fully saturated rings. The Labute approximate surface area is 115 Å². The van der Waals surface area contributed by atoms with Crippen molar-refractivity contribution in [1.82, 2.24) is 0 Å². The van der Waals surface area contributed by atoms with Crippen LogP contribution in [0.4, 0.5) is 0 Å². The van der Waals surface area contributed by atoms with E-state index in [0.29, 0.717) is 5.75 Å². The SMILES string of the molecule is N[C@@H](CC(=O)O)C(=O)OC(CO)COc1ccccc1. The standard InChI is InChI=1S/C13H17NO6/c14-11(6-12(16)17)13(18)20-10(7-15)8-19-9-4-2-1-3-5-9/h1-5,10-11,15H,6-8,14H2,(H,16,17)/t10?,11-/m0/s1. The zero-order chi connectivity index (χ0) is 15.0. The Kier molecular flexibility index (Phi) is 6.48. The first kappa shape index (κ1) is 15.9. The van der Waals surface area contributed by atoms with Gasteiger partial charge in [-0.1, -0.05) is 18.2 Å². The van der Waals surface area contributed by atoms with E-state index in [1.807, 2.05) is 6.07 Å². The molecule has 0 saturated heterocycles. The van der Waals surface area contributed by atoms with Crippen LogP contribution in [0.3, 0.4) is 0 Å². The number of rotatable bonds is 8. The van der Waals surface area contributed by atoms with Crippen molar-refractivity contribution >= 4 is 11.9 Å². The van der Waals surface area contributed by atoms with Gasteiger partial charge in [0.05, 0.1) is 13.0 Å². The second-order valence-electron chi connectivity index (χ2n) is 4.07. The topological polar surface area (TPSA) is 119 Å². The zero-order valence-electron chi connectivity index (χ0n) is 10.8. The molecule has 0 saturated carbocycles. The van der Waals surface area contributed by atoms with E-state index in [0.717, 1.165) is 0 Å². The van der Waals surface area contributed by atoms with E-state index in [9.17, 15) is 9.59 Å². The normalized spacial score (nSPS) is 13.3. The molecular weight excluding hydrogens is 266 g/mol. The summed E-state index contributed by atoms with van der Waals surface area (Å²) in [6.45, 7) is -0.496. The van der Waals surface area contributed by atoms with Crippen molar-refractivity contribution in [2.45, 2.75) is 18.6 Å². The minimum Gasteiger partial charge on any atom is -0.490 e. The Bertz CT molecular complexity index is 436. The van der Waals surface area contributed by atoms with E-state index in [2.05, 4.69) is 0 Å². The molecule has 4 N–H and O–H groups in total. The molecule has 0 bridgehead atoms. The largest absolute Gasteiger partial charge is 0.490 e. The first-order chi connectivity index (χ1) is 9.52. The molecular formula is C13H17NO6. The highest BCUT2D eigenvalue weighted by molar-refractivity contribution is 5.81. The van der Waals surface area contributed by atoms with Gasteiger partial charge in [0.1, 0.15) is 18.4 Å². The number of aliphatic carboxylic acids is 1. The third kappa shape index (κ3) is 5.68. The smallest absolute Gasteiger partial charge is 0.324 e. The maximum absolute atomic E-state index is 11.5. The van der Waals surface area contributed by atoms with Crippen molar-refractivity contribution in [2.24, 2.45) is 5.73 Å². The number of para-hydroxylation sites is 1. The highest BCUT2D eigenvalue weighted by Crippen LogP contribution is 2.09. The summed E-state index contributed by atoms with van der Waals surface area (Å²) in [6, 6.07) is 7.54. The Morgan fingerprint density at radius 3 is 2.45 bits per heavy atom. The van der Waals surface area contributed by atoms with Gasteiger partial charge in [-0.2, -0.15) is 0 Å². The molecule has 7 nitrogen and oxygen atoms in total. The zero-order valence-corrected chi connectivity index (χ0v) is 10.8. The lowest BCUT2D eigenvalue weighted by atomic mass is 10.2. The van der Waals surface area contributed by atoms with Crippen LogP contribution in [-0.4, -0.2) is 47.5 Å². The van der Waals surface area contributed by atoms with Crippen molar-refractivity contribution in [3.8, 4) is 5.75 Å². The van der Waals surface area contributed by atoms with Gasteiger partial charge in [-0.15, -0.1) is 0 Å². The van der Waals surface area contributed by atoms with Gasteiger partial charge >= 0.3 is 11.9 Å². The second kappa shape index (κ2) is 8.13. The van der Waals surface area contributed by atoms with Gasteiger partial charge in [0, 0.05) is 0 Å². The molecule has 0 heterocycles. The third-order valence-corrected chi connectivity index (χ3v) is 2.36. The summed E-state index contributed by atoms with van der Waals surface area (Å²) in [5.74, 6) is -1.52. The minimum atomic E-state index is -1.27. The number of benzene rings is 1. The Hall–Kier alpha value is -2.12. The summed E-state index contributed by atoms with van der Waals surface area (Å²) in [7, 11) is 0. The number of carboxylic acids is 1. The van der Waals surface area contributed by atoms with E-state index in [1.165, 1.54) is 0 Å². The molecule has 0 amide bonds. The molecule has 0 aliphatic rings. The number of hydrogen-bond acceptors (Lipinski definition) is 6. The van der Waals surface area contributed by atoms with Crippen LogP contribution in [0.15, 0.2) is 30.3 Å². The third-order valence-electron chi connectivity index (χ3n) is 2.36. The van der Waals surface area contributed by atoms with Gasteiger partial charge in [-0.25, -0.2) is 0 Å². The number of hydrogen-bond donors (Lipinski definition) is 3. The fourth-order valence-electron chi connectivity index (χ4n) is 1.35. The van der Waals surface area contributed by atoms with Crippen molar-refractivity contribution in [3.05, 3.63) is 30.3 Å². The number of carbonyl (C=O) groups excluding carboxylic acids is 1. The predicted octanol–water partition coefficient (Wildman–Crippen LogP) is -0.228. The second-order valence-corrected chi connectivity index (χ2v) is 4.07. The molecule has 0 aliphatic heterocycles. The number of aliphatic hydroxyl groups excluding tert-OH is 1. The molecule has 0 aliphatic carbocycles. The number of nitrogens with two attached hydrogens (primary N) is 1. The molecule has 2 atom stereocenters. The lowest BCUT2D eigenvalue weighted by Gasteiger charge is -2.18. The molecule has 0 spiro atoms. The summed E-state index contributed by atoms with van der Waals surface area (Å²) in [6.07, 6.45) is -1.43. The maximum atomic E-state index is 11.5. The predicted molar refractivity (Wildman–Crippen MR) is 69.1 cm³/mol. The van der Waals surface area contributed by atoms with Crippen LogP contribution < -0.4 is 10.5 Å². The van der Waals surface area contributed by atoms with Gasteiger partial charge in [0.25, 0.3) is 0 Å².